The van der Waals surface area contributed by atoms with Crippen LogP contribution in [0.4, 0.5) is 34.1 Å². The van der Waals surface area contributed by atoms with Crippen molar-refractivity contribution in [3.8, 4) is 11.1 Å². The van der Waals surface area contributed by atoms with E-state index in [0.717, 1.165) is 56.9 Å². The normalized spacial score (nSPS) is 16.2. The van der Waals surface area contributed by atoms with E-state index in [2.05, 4.69) is 213 Å². The van der Waals surface area contributed by atoms with Crippen molar-refractivity contribution in [2.45, 2.75) is 111 Å². The number of fused-ring (bicyclic) bond motifs is 8. The minimum absolute atomic E-state index is 0.0103. The van der Waals surface area contributed by atoms with Crippen molar-refractivity contribution >= 4 is 90.8 Å². The van der Waals surface area contributed by atoms with Gasteiger partial charge < -0.3 is 14.2 Å². The summed E-state index contributed by atoms with van der Waals surface area (Å²) in [7, 11) is 0. The van der Waals surface area contributed by atoms with Gasteiger partial charge in [-0.1, -0.05) is 148 Å². The third-order valence-electron chi connectivity index (χ3n) is 14.9. The zero-order chi connectivity index (χ0) is 44.8. The van der Waals surface area contributed by atoms with Crippen LogP contribution in [0.1, 0.15) is 110 Å². The highest BCUT2D eigenvalue weighted by molar-refractivity contribution is 7.00. The van der Waals surface area contributed by atoms with Gasteiger partial charge in [-0.2, -0.15) is 0 Å². The molecule has 8 aromatic rings. The number of hydrogen-bond donors (Lipinski definition) is 0. The number of nitrogens with zero attached hydrogens (tertiary/aromatic N) is 2. The molecule has 64 heavy (non-hydrogen) atoms. The number of rotatable bonds is 3. The highest BCUT2D eigenvalue weighted by Gasteiger charge is 2.47. The van der Waals surface area contributed by atoms with Crippen LogP contribution in [0.5, 0.6) is 0 Å². The number of aryl methyl sites for hydroxylation is 1. The van der Waals surface area contributed by atoms with Crippen molar-refractivity contribution in [2.75, 3.05) is 9.80 Å². The van der Waals surface area contributed by atoms with Gasteiger partial charge in [0.05, 0.1) is 11.4 Å². The van der Waals surface area contributed by atoms with Gasteiger partial charge >= 0.3 is 0 Å². The van der Waals surface area contributed by atoms with E-state index in [1.165, 1.54) is 72.4 Å². The summed E-state index contributed by atoms with van der Waals surface area (Å²) in [5.74, 6) is 0. The highest BCUT2D eigenvalue weighted by atomic mass is 35.5. The molecule has 0 amide bonds. The van der Waals surface area contributed by atoms with E-state index < -0.39 is 0 Å². The van der Waals surface area contributed by atoms with Crippen LogP contribution >= 0.6 is 11.6 Å². The lowest BCUT2D eigenvalue weighted by Crippen LogP contribution is -2.62. The molecule has 3 aliphatic rings. The maximum atomic E-state index is 7.11. The van der Waals surface area contributed by atoms with Crippen molar-refractivity contribution in [1.29, 1.82) is 0 Å². The Morgan fingerprint density at radius 2 is 1.17 bits per heavy atom. The molecule has 7 aromatic carbocycles. The van der Waals surface area contributed by atoms with Crippen LogP contribution in [0.25, 0.3) is 33.1 Å². The number of para-hydroxylation sites is 1. The van der Waals surface area contributed by atoms with E-state index in [0.29, 0.717) is 0 Å². The molecule has 0 bridgehead atoms. The molecule has 11 rings (SSSR count). The van der Waals surface area contributed by atoms with E-state index in [9.17, 15) is 0 Å². The summed E-state index contributed by atoms with van der Waals surface area (Å²) < 4.78 is 7.05. The second-order valence-corrected chi connectivity index (χ2v) is 22.7. The molecule has 0 saturated heterocycles. The Bertz CT molecular complexity index is 3230. The molecule has 0 spiro atoms. The molecule has 0 N–H and O–H groups in total. The first-order chi connectivity index (χ1) is 30.3. The highest BCUT2D eigenvalue weighted by Crippen LogP contribution is 2.53. The molecule has 1 aliphatic carbocycles. The van der Waals surface area contributed by atoms with Crippen LogP contribution < -0.4 is 26.2 Å². The average molecular weight is 857 g/mol. The monoisotopic (exact) mass is 856 g/mol. The molecule has 320 valence electrons. The summed E-state index contributed by atoms with van der Waals surface area (Å²) in [5, 5.41) is 3.02. The lowest BCUT2D eigenvalue weighted by Gasteiger charge is -2.47. The number of hydrogen-bond acceptors (Lipinski definition) is 3. The fourth-order valence-corrected chi connectivity index (χ4v) is 11.3. The van der Waals surface area contributed by atoms with Crippen LogP contribution in [0.15, 0.2) is 132 Å². The lowest BCUT2D eigenvalue weighted by atomic mass is 9.33. The molecule has 0 atom stereocenters. The van der Waals surface area contributed by atoms with E-state index >= 15 is 0 Å². The van der Waals surface area contributed by atoms with Crippen LogP contribution in [-0.4, -0.2) is 6.71 Å². The Morgan fingerprint density at radius 3 is 1.86 bits per heavy atom. The van der Waals surface area contributed by atoms with Crippen molar-refractivity contribution in [3.63, 3.8) is 0 Å². The summed E-state index contributed by atoms with van der Waals surface area (Å²) in [6, 6.07) is 48.0. The molecule has 5 heteroatoms. The minimum Gasteiger partial charge on any atom is -0.454 e. The van der Waals surface area contributed by atoms with Crippen LogP contribution in [0, 0.1) is 6.92 Å². The zero-order valence-electron chi connectivity index (χ0n) is 39.3. The lowest BCUT2D eigenvalue weighted by molar-refractivity contribution is 0.332. The number of anilines is 6. The minimum atomic E-state index is -0.0373. The van der Waals surface area contributed by atoms with Gasteiger partial charge in [0.15, 0.2) is 5.58 Å². The second-order valence-electron chi connectivity index (χ2n) is 22.3. The number of halogens is 1. The van der Waals surface area contributed by atoms with Gasteiger partial charge in [-0.15, -0.1) is 0 Å². The summed E-state index contributed by atoms with van der Waals surface area (Å²) in [4.78, 5) is 5.08. The van der Waals surface area contributed by atoms with E-state index in [1.54, 1.807) is 0 Å². The zero-order valence-corrected chi connectivity index (χ0v) is 40.1. The first-order valence-corrected chi connectivity index (χ1v) is 23.6. The van der Waals surface area contributed by atoms with Crippen molar-refractivity contribution in [3.05, 3.63) is 160 Å². The predicted molar refractivity (Wildman–Crippen MR) is 276 cm³/mol. The van der Waals surface area contributed by atoms with E-state index in [-0.39, 0.29) is 28.4 Å². The van der Waals surface area contributed by atoms with Gasteiger partial charge in [0.25, 0.3) is 6.71 Å². The third-order valence-corrected chi connectivity index (χ3v) is 15.2. The SMILES string of the molecule is Cc1cc2c3c(c1)N(c1cccc4c1oc1ccc(C(C)(C)C)cc14)c1cc4c(cc1B3c1ccc(Cl)cc1N2c1ccc(C(C)(C)C)cc1-c1ccccc1)C(C)(C)CCC4(C)C. The van der Waals surface area contributed by atoms with Crippen molar-refractivity contribution < 1.29 is 4.42 Å². The van der Waals surface area contributed by atoms with Crippen LogP contribution in [0.3, 0.4) is 0 Å². The first-order valence-electron chi connectivity index (χ1n) is 23.2. The van der Waals surface area contributed by atoms with E-state index in [4.69, 9.17) is 16.0 Å². The van der Waals surface area contributed by atoms with Gasteiger partial charge in [0.2, 0.25) is 0 Å². The van der Waals surface area contributed by atoms with Crippen LogP contribution in [0.2, 0.25) is 5.02 Å². The Hall–Kier alpha value is -5.71. The topological polar surface area (TPSA) is 19.6 Å². The smallest absolute Gasteiger partial charge is 0.252 e. The predicted octanol–water partition coefficient (Wildman–Crippen LogP) is 15.2. The first kappa shape index (κ1) is 41.0. The maximum absolute atomic E-state index is 7.11. The fraction of sp³-hybridized carbons (Fsp3) is 0.288. The fourth-order valence-electron chi connectivity index (χ4n) is 11.2. The molecule has 2 aliphatic heterocycles. The van der Waals surface area contributed by atoms with Crippen molar-refractivity contribution in [2.24, 2.45) is 0 Å². The molecule has 0 unspecified atom stereocenters. The molecule has 3 nitrogen and oxygen atoms in total. The Labute approximate surface area is 385 Å². The standard InChI is InChI=1S/C59H58BClN2O/c1-35-28-51-54-52(29-35)63(48-19-15-18-40-42-31-38(57(5,6)7)21-25-53(42)64-55(40)48)50-34-44-43(58(8,9)26-27-59(44,10)11)33-46(50)60(54)45-23-22-39(61)32-49(45)62(51)47-24-20-37(56(2,3)4)30-41(47)36-16-13-12-14-17-36/h12-25,28-34H,26-27H2,1-11H3. The molecule has 0 radical (unpaired) electrons. The average Bonchev–Trinajstić information content (AvgIpc) is 3.63. The number of benzene rings is 7. The largest absolute Gasteiger partial charge is 0.454 e. The summed E-state index contributed by atoms with van der Waals surface area (Å²) in [6.07, 6.45) is 2.28. The van der Waals surface area contributed by atoms with Gasteiger partial charge in [0.1, 0.15) is 5.58 Å². The summed E-state index contributed by atoms with van der Waals surface area (Å²) in [5.41, 5.74) is 21.6. The van der Waals surface area contributed by atoms with Gasteiger partial charge in [-0.3, -0.25) is 0 Å². The Balaban J connectivity index is 1.26. The Kier molecular flexibility index (Phi) is 8.91. The van der Waals surface area contributed by atoms with Crippen LogP contribution in [-0.2, 0) is 21.7 Å². The molecule has 1 aromatic heterocycles. The number of furan rings is 1. The molecule has 3 heterocycles. The van der Waals surface area contributed by atoms with Crippen molar-refractivity contribution in [1.82, 2.24) is 0 Å². The van der Waals surface area contributed by atoms with Gasteiger partial charge in [-0.05, 0) is 152 Å². The maximum Gasteiger partial charge on any atom is 0.252 e. The molecule has 0 fully saturated rings. The third kappa shape index (κ3) is 6.22. The second kappa shape index (κ2) is 13.9. The summed E-state index contributed by atoms with van der Waals surface area (Å²) in [6.45, 7) is 25.7. The molecular weight excluding hydrogens is 799 g/mol. The molecular formula is C59H58BClN2O. The molecule has 0 saturated carbocycles. The van der Waals surface area contributed by atoms with Gasteiger partial charge in [-0.25, -0.2) is 0 Å². The van der Waals surface area contributed by atoms with E-state index in [1.807, 2.05) is 0 Å². The Morgan fingerprint density at radius 1 is 0.547 bits per heavy atom. The quantitative estimate of drug-likeness (QED) is 0.165. The summed E-state index contributed by atoms with van der Waals surface area (Å²) >= 11 is 7.11. The van der Waals surface area contributed by atoms with Gasteiger partial charge in [0, 0.05) is 44.1 Å².